The van der Waals surface area contributed by atoms with Gasteiger partial charge >= 0.3 is 6.09 Å². The van der Waals surface area contributed by atoms with E-state index in [2.05, 4.69) is 20.8 Å². The number of anilines is 2. The van der Waals surface area contributed by atoms with E-state index in [1.54, 1.807) is 20.8 Å². The summed E-state index contributed by atoms with van der Waals surface area (Å²) in [6.45, 7) is 7.58. The summed E-state index contributed by atoms with van der Waals surface area (Å²) >= 11 is 1.25. The fraction of sp³-hybridized carbons (Fsp3) is 0.304. The lowest BCUT2D eigenvalue weighted by atomic mass is 10.2. The van der Waals surface area contributed by atoms with E-state index in [0.717, 1.165) is 17.5 Å². The van der Waals surface area contributed by atoms with Gasteiger partial charge in [0.2, 0.25) is 5.91 Å². The molecule has 0 saturated carbocycles. The molecule has 2 aromatic carbocycles. The molecule has 1 heterocycles. The van der Waals surface area contributed by atoms with Crippen molar-refractivity contribution in [3.8, 4) is 0 Å². The van der Waals surface area contributed by atoms with Crippen molar-refractivity contribution in [1.29, 1.82) is 0 Å². The molecule has 33 heavy (non-hydrogen) atoms. The molecule has 10 heteroatoms. The molecule has 3 rings (SSSR count). The number of benzene rings is 2. The highest BCUT2D eigenvalue weighted by Gasteiger charge is 2.18. The monoisotopic (exact) mass is 471 g/mol. The molecule has 0 aliphatic carbocycles. The van der Waals surface area contributed by atoms with Gasteiger partial charge in [0, 0.05) is 5.69 Å². The number of ether oxygens (including phenoxy) is 1. The van der Waals surface area contributed by atoms with Crippen molar-refractivity contribution < 1.29 is 18.7 Å². The molecule has 1 aromatic heterocycles. The summed E-state index contributed by atoms with van der Waals surface area (Å²) in [5.41, 5.74) is 0.634. The van der Waals surface area contributed by atoms with E-state index in [9.17, 15) is 14.0 Å². The summed E-state index contributed by atoms with van der Waals surface area (Å²) < 4.78 is 21.2. The molecule has 0 atom stereocenters. The Labute approximate surface area is 195 Å². The van der Waals surface area contributed by atoms with Crippen LogP contribution in [-0.4, -0.2) is 38.1 Å². The van der Waals surface area contributed by atoms with Crippen LogP contribution < -0.4 is 10.6 Å². The number of hydrogen-bond donors (Lipinski definition) is 2. The van der Waals surface area contributed by atoms with Gasteiger partial charge in [-0.1, -0.05) is 42.1 Å². The summed E-state index contributed by atoms with van der Waals surface area (Å²) in [6.07, 6.45) is -0.784. The number of amides is 2. The third kappa shape index (κ3) is 7.31. The lowest BCUT2D eigenvalue weighted by Gasteiger charge is -2.20. The Morgan fingerprint density at radius 3 is 2.52 bits per heavy atom. The van der Waals surface area contributed by atoms with Crippen LogP contribution in [0, 0.1) is 12.7 Å². The fourth-order valence-corrected chi connectivity index (χ4v) is 3.64. The lowest BCUT2D eigenvalue weighted by molar-refractivity contribution is -0.113. The number of thioether (sulfide) groups is 1. The first-order chi connectivity index (χ1) is 15.6. The van der Waals surface area contributed by atoms with Gasteiger partial charge in [-0.25, -0.2) is 9.18 Å². The predicted octanol–water partition coefficient (Wildman–Crippen LogP) is 4.85. The molecule has 0 aliphatic rings. The summed E-state index contributed by atoms with van der Waals surface area (Å²) in [6, 6.07) is 13.8. The second kappa shape index (κ2) is 10.5. The van der Waals surface area contributed by atoms with Gasteiger partial charge in [0.15, 0.2) is 5.16 Å². The van der Waals surface area contributed by atoms with Gasteiger partial charge in [-0.15, -0.1) is 10.2 Å². The Bertz CT molecular complexity index is 1130. The molecular formula is C23H26FN5O3S. The van der Waals surface area contributed by atoms with E-state index >= 15 is 0 Å². The summed E-state index contributed by atoms with van der Waals surface area (Å²) in [5, 5.41) is 14.0. The number of carbonyl (C=O) groups excluding carboxylic acids is 2. The van der Waals surface area contributed by atoms with Crippen LogP contribution in [0.25, 0.3) is 0 Å². The Kier molecular flexibility index (Phi) is 7.70. The third-order valence-corrected chi connectivity index (χ3v) is 5.27. The maximum Gasteiger partial charge on any atom is 0.412 e. The van der Waals surface area contributed by atoms with E-state index in [4.69, 9.17) is 4.74 Å². The number of rotatable bonds is 7. The highest BCUT2D eigenvalue weighted by Crippen LogP contribution is 2.22. The molecule has 0 fully saturated rings. The number of aryl methyl sites for hydroxylation is 1. The first-order valence-corrected chi connectivity index (χ1v) is 11.3. The van der Waals surface area contributed by atoms with Crippen LogP contribution in [0.2, 0.25) is 0 Å². The van der Waals surface area contributed by atoms with E-state index in [0.29, 0.717) is 17.4 Å². The summed E-state index contributed by atoms with van der Waals surface area (Å²) in [4.78, 5) is 24.4. The number of nitrogens with zero attached hydrogens (tertiary/aromatic N) is 3. The number of aromatic nitrogens is 3. The van der Waals surface area contributed by atoms with Crippen LogP contribution >= 0.6 is 11.8 Å². The zero-order chi connectivity index (χ0) is 24.0. The number of hydrogen-bond acceptors (Lipinski definition) is 6. The van der Waals surface area contributed by atoms with Gasteiger partial charge in [0.25, 0.3) is 0 Å². The normalized spacial score (nSPS) is 11.2. The van der Waals surface area contributed by atoms with Gasteiger partial charge in [0.05, 0.1) is 18.0 Å². The van der Waals surface area contributed by atoms with Crippen molar-refractivity contribution in [2.45, 2.75) is 45.0 Å². The number of halogens is 1. The number of nitrogens with one attached hydrogen (secondary N) is 2. The van der Waals surface area contributed by atoms with Crippen molar-refractivity contribution in [2.75, 3.05) is 16.4 Å². The van der Waals surface area contributed by atoms with Crippen molar-refractivity contribution in [3.63, 3.8) is 0 Å². The average Bonchev–Trinajstić information content (AvgIpc) is 3.08. The van der Waals surface area contributed by atoms with Crippen molar-refractivity contribution in [1.82, 2.24) is 14.8 Å². The molecule has 0 spiro atoms. The summed E-state index contributed by atoms with van der Waals surface area (Å²) in [7, 11) is 0. The molecule has 0 bridgehead atoms. The van der Waals surface area contributed by atoms with Gasteiger partial charge in [-0.2, -0.15) is 0 Å². The molecule has 2 amide bonds. The van der Waals surface area contributed by atoms with Crippen LogP contribution in [0.15, 0.2) is 53.7 Å². The molecule has 8 nitrogen and oxygen atoms in total. The molecule has 0 radical (unpaired) electrons. The highest BCUT2D eigenvalue weighted by molar-refractivity contribution is 7.99. The smallest absolute Gasteiger partial charge is 0.412 e. The van der Waals surface area contributed by atoms with Crippen LogP contribution in [0.3, 0.4) is 0 Å². The first-order valence-electron chi connectivity index (χ1n) is 10.3. The van der Waals surface area contributed by atoms with Crippen LogP contribution in [-0.2, 0) is 16.1 Å². The number of carbonyl (C=O) groups is 2. The Morgan fingerprint density at radius 2 is 1.82 bits per heavy atom. The Hall–Kier alpha value is -3.40. The zero-order valence-corrected chi connectivity index (χ0v) is 19.7. The van der Waals surface area contributed by atoms with Gasteiger partial charge in [0.1, 0.15) is 17.2 Å². The van der Waals surface area contributed by atoms with Crippen LogP contribution in [0.1, 0.15) is 32.2 Å². The predicted molar refractivity (Wildman–Crippen MR) is 126 cm³/mol. The van der Waals surface area contributed by atoms with Gasteiger partial charge in [-0.3, -0.25) is 10.1 Å². The SMILES string of the molecule is Cc1nnc(SCC(=O)Nc2ccc(F)c(NC(=O)OC(C)(C)C)c2)n1Cc1ccccc1. The lowest BCUT2D eigenvalue weighted by Crippen LogP contribution is -2.27. The second-order valence-electron chi connectivity index (χ2n) is 8.26. The van der Waals surface area contributed by atoms with Crippen LogP contribution in [0.4, 0.5) is 20.6 Å². The molecule has 0 unspecified atom stereocenters. The Balaban J connectivity index is 1.60. The molecule has 174 valence electrons. The zero-order valence-electron chi connectivity index (χ0n) is 18.9. The fourth-order valence-electron chi connectivity index (χ4n) is 2.86. The largest absolute Gasteiger partial charge is 0.444 e. The van der Waals surface area contributed by atoms with Gasteiger partial charge in [-0.05, 0) is 51.5 Å². The minimum absolute atomic E-state index is 0.0825. The van der Waals surface area contributed by atoms with Crippen LogP contribution in [0.5, 0.6) is 0 Å². The molecule has 3 aromatic rings. The van der Waals surface area contributed by atoms with Gasteiger partial charge < -0.3 is 14.6 Å². The summed E-state index contributed by atoms with van der Waals surface area (Å²) in [5.74, 6) is -0.114. The minimum Gasteiger partial charge on any atom is -0.444 e. The van der Waals surface area contributed by atoms with Crippen molar-refractivity contribution in [2.24, 2.45) is 0 Å². The van der Waals surface area contributed by atoms with E-state index in [-0.39, 0.29) is 17.3 Å². The molecule has 2 N–H and O–H groups in total. The van der Waals surface area contributed by atoms with E-state index in [1.807, 2.05) is 41.8 Å². The molecule has 0 aliphatic heterocycles. The highest BCUT2D eigenvalue weighted by atomic mass is 32.2. The Morgan fingerprint density at radius 1 is 1.09 bits per heavy atom. The first kappa shape index (κ1) is 24.2. The molecular weight excluding hydrogens is 445 g/mol. The second-order valence-corrected chi connectivity index (χ2v) is 9.20. The van der Waals surface area contributed by atoms with Crippen molar-refractivity contribution >= 4 is 35.1 Å². The topological polar surface area (TPSA) is 98.1 Å². The van der Waals surface area contributed by atoms with E-state index < -0.39 is 17.5 Å². The standard InChI is InChI=1S/C23H26FN5O3S/c1-15-27-28-21(29(15)13-16-8-6-5-7-9-16)33-14-20(30)25-17-10-11-18(24)19(12-17)26-22(31)32-23(2,3)4/h5-12H,13-14H2,1-4H3,(H,25,30)(H,26,31). The average molecular weight is 472 g/mol. The quantitative estimate of drug-likeness (QED) is 0.478. The molecule has 0 saturated heterocycles. The van der Waals surface area contributed by atoms with Crippen molar-refractivity contribution in [3.05, 3.63) is 65.7 Å². The third-order valence-electron chi connectivity index (χ3n) is 4.30. The van der Waals surface area contributed by atoms with E-state index in [1.165, 1.54) is 23.9 Å². The maximum absolute atomic E-state index is 14.1. The minimum atomic E-state index is -0.784. The maximum atomic E-state index is 14.1.